The fourth-order valence-corrected chi connectivity index (χ4v) is 9.75. The van der Waals surface area contributed by atoms with Crippen LogP contribution in [0.15, 0.2) is 146 Å². The maximum absolute atomic E-state index is 2.62. The van der Waals surface area contributed by atoms with E-state index in [0.717, 1.165) is 0 Å². The van der Waals surface area contributed by atoms with Crippen molar-refractivity contribution >= 4 is 75.9 Å². The number of hydrogen-bond donors (Lipinski definition) is 0. The zero-order valence-corrected chi connectivity index (χ0v) is 30.2. The molecule has 1 aliphatic rings. The van der Waals surface area contributed by atoms with Crippen molar-refractivity contribution in [2.24, 2.45) is 0 Å². The number of fused-ring (bicyclic) bond motifs is 14. The lowest BCUT2D eigenvalue weighted by Crippen LogP contribution is -2.33. The van der Waals surface area contributed by atoms with Crippen molar-refractivity contribution in [1.82, 2.24) is 9.13 Å². The smallest absolute Gasteiger partial charge is 0.0795 e. The summed E-state index contributed by atoms with van der Waals surface area (Å²) in [6, 6.07) is 54.7. The second-order valence-electron chi connectivity index (χ2n) is 16.4. The highest BCUT2D eigenvalue weighted by molar-refractivity contribution is 6.36. The van der Waals surface area contributed by atoms with Crippen LogP contribution >= 0.6 is 0 Å². The molecule has 2 heterocycles. The van der Waals surface area contributed by atoms with Crippen molar-refractivity contribution in [3.8, 4) is 11.4 Å². The monoisotopic (exact) mass is 668 g/mol. The first kappa shape index (κ1) is 29.8. The Hall–Kier alpha value is -5.86. The summed E-state index contributed by atoms with van der Waals surface area (Å²) < 4.78 is 5.14. The van der Waals surface area contributed by atoms with E-state index < -0.39 is 0 Å². The Kier molecular flexibility index (Phi) is 5.94. The van der Waals surface area contributed by atoms with Gasteiger partial charge in [0.15, 0.2) is 0 Å². The summed E-state index contributed by atoms with van der Waals surface area (Å²) in [6.07, 6.45) is 2.36. The lowest BCUT2D eigenvalue weighted by atomic mass is 9.63. The normalized spacial score (nSPS) is 15.5. The third kappa shape index (κ3) is 3.95. The van der Waals surface area contributed by atoms with Crippen LogP contribution in [0.25, 0.3) is 87.3 Å². The Bertz CT molecular complexity index is 3110. The van der Waals surface area contributed by atoms with Gasteiger partial charge in [-0.05, 0) is 110 Å². The van der Waals surface area contributed by atoms with E-state index >= 15 is 0 Å². The molecule has 0 saturated heterocycles. The van der Waals surface area contributed by atoms with E-state index in [0.29, 0.717) is 0 Å². The molecule has 1 aliphatic carbocycles. The summed E-state index contributed by atoms with van der Waals surface area (Å²) in [5.41, 5.74) is 10.5. The van der Waals surface area contributed by atoms with E-state index in [1.807, 2.05) is 0 Å². The predicted molar refractivity (Wildman–Crippen MR) is 223 cm³/mol. The zero-order chi connectivity index (χ0) is 34.9. The first-order valence-electron chi connectivity index (χ1n) is 18.7. The summed E-state index contributed by atoms with van der Waals surface area (Å²) in [6.45, 7) is 9.79. The Morgan fingerprint density at radius 1 is 0.385 bits per heavy atom. The second-order valence-corrected chi connectivity index (χ2v) is 16.4. The molecule has 250 valence electrons. The zero-order valence-electron chi connectivity index (χ0n) is 30.2. The fraction of sp³-hybridized carbons (Fsp3) is 0.160. The van der Waals surface area contributed by atoms with Gasteiger partial charge >= 0.3 is 0 Å². The largest absolute Gasteiger partial charge is 0.307 e. The first-order valence-corrected chi connectivity index (χ1v) is 18.7. The summed E-state index contributed by atoms with van der Waals surface area (Å²) in [5, 5.41) is 13.0. The molecule has 0 spiro atoms. The van der Waals surface area contributed by atoms with Crippen LogP contribution in [-0.2, 0) is 10.8 Å². The number of nitrogens with zero attached hydrogens (tertiary/aromatic N) is 2. The molecule has 2 aromatic heterocycles. The third-order valence-corrected chi connectivity index (χ3v) is 12.5. The molecular weight excluding hydrogens is 629 g/mol. The summed E-state index contributed by atoms with van der Waals surface area (Å²) in [5.74, 6) is 0. The second kappa shape index (κ2) is 10.4. The van der Waals surface area contributed by atoms with Gasteiger partial charge in [0, 0.05) is 32.9 Å². The fourth-order valence-electron chi connectivity index (χ4n) is 9.75. The van der Waals surface area contributed by atoms with Gasteiger partial charge in [-0.25, -0.2) is 0 Å². The van der Waals surface area contributed by atoms with Gasteiger partial charge in [0.1, 0.15) is 0 Å². The van der Waals surface area contributed by atoms with Crippen LogP contribution in [0.2, 0.25) is 0 Å². The van der Waals surface area contributed by atoms with Gasteiger partial charge in [0.25, 0.3) is 0 Å². The minimum atomic E-state index is 0.0823. The van der Waals surface area contributed by atoms with Crippen LogP contribution in [-0.4, -0.2) is 9.13 Å². The molecule has 10 aromatic rings. The van der Waals surface area contributed by atoms with Crippen molar-refractivity contribution < 1.29 is 0 Å². The molecule has 0 bridgehead atoms. The van der Waals surface area contributed by atoms with Crippen LogP contribution in [0.5, 0.6) is 0 Å². The summed E-state index contributed by atoms with van der Waals surface area (Å²) in [7, 11) is 0. The molecule has 0 radical (unpaired) electrons. The first-order chi connectivity index (χ1) is 25.3. The number of para-hydroxylation sites is 2. The molecule has 0 N–H and O–H groups in total. The van der Waals surface area contributed by atoms with Crippen LogP contribution in [0.3, 0.4) is 0 Å². The van der Waals surface area contributed by atoms with Crippen LogP contribution < -0.4 is 0 Å². The lowest BCUT2D eigenvalue weighted by molar-refractivity contribution is 0.332. The SMILES string of the molecule is CC1(C)CCC(C)(C)c2cc3c(cc21)c1c2ccccc2c2c4ccccc4n(-c4ccccc4)c2c1n3-c1ccc2c(ccc3ccccc32)c1. The molecule has 0 unspecified atom stereocenters. The molecule has 11 rings (SSSR count). The van der Waals surface area contributed by atoms with E-state index in [4.69, 9.17) is 0 Å². The number of hydrogen-bond acceptors (Lipinski definition) is 0. The van der Waals surface area contributed by atoms with Gasteiger partial charge in [-0.3, -0.25) is 0 Å². The van der Waals surface area contributed by atoms with E-state index in [2.05, 4.69) is 182 Å². The third-order valence-electron chi connectivity index (χ3n) is 12.5. The van der Waals surface area contributed by atoms with Gasteiger partial charge in [0.2, 0.25) is 0 Å². The molecule has 0 fully saturated rings. The maximum Gasteiger partial charge on any atom is 0.0795 e. The average Bonchev–Trinajstić information content (AvgIpc) is 3.70. The topological polar surface area (TPSA) is 9.86 Å². The molecule has 2 heteroatoms. The Morgan fingerprint density at radius 2 is 0.923 bits per heavy atom. The quantitative estimate of drug-likeness (QED) is 0.162. The lowest BCUT2D eigenvalue weighted by Gasteiger charge is -2.42. The minimum absolute atomic E-state index is 0.0823. The van der Waals surface area contributed by atoms with E-state index in [-0.39, 0.29) is 10.8 Å². The van der Waals surface area contributed by atoms with Crippen molar-refractivity contribution in [3.63, 3.8) is 0 Å². The molecule has 0 saturated carbocycles. The van der Waals surface area contributed by atoms with Crippen LogP contribution in [0.4, 0.5) is 0 Å². The summed E-state index contributed by atoms with van der Waals surface area (Å²) >= 11 is 0. The highest BCUT2D eigenvalue weighted by Gasteiger charge is 2.38. The number of benzene rings is 8. The van der Waals surface area contributed by atoms with Crippen molar-refractivity contribution in [1.29, 1.82) is 0 Å². The van der Waals surface area contributed by atoms with Crippen molar-refractivity contribution in [2.45, 2.75) is 51.4 Å². The van der Waals surface area contributed by atoms with Crippen molar-refractivity contribution in [2.75, 3.05) is 0 Å². The highest BCUT2D eigenvalue weighted by Crippen LogP contribution is 2.51. The molecule has 0 aliphatic heterocycles. The Morgan fingerprint density at radius 3 is 1.65 bits per heavy atom. The van der Waals surface area contributed by atoms with E-state index in [1.165, 1.54) is 111 Å². The van der Waals surface area contributed by atoms with Crippen LogP contribution in [0.1, 0.15) is 51.7 Å². The number of rotatable bonds is 2. The highest BCUT2D eigenvalue weighted by atomic mass is 15.0. The molecule has 0 amide bonds. The van der Waals surface area contributed by atoms with Crippen molar-refractivity contribution in [3.05, 3.63) is 157 Å². The Labute approximate surface area is 303 Å². The average molecular weight is 669 g/mol. The molecule has 8 aromatic carbocycles. The van der Waals surface area contributed by atoms with Gasteiger partial charge < -0.3 is 9.13 Å². The van der Waals surface area contributed by atoms with Gasteiger partial charge in [-0.15, -0.1) is 0 Å². The van der Waals surface area contributed by atoms with Crippen LogP contribution in [0, 0.1) is 0 Å². The van der Waals surface area contributed by atoms with Gasteiger partial charge in [-0.2, -0.15) is 0 Å². The Balaban J connectivity index is 1.42. The predicted octanol–water partition coefficient (Wildman–Crippen LogP) is 13.7. The molecular formula is C50H40N2. The van der Waals surface area contributed by atoms with E-state index in [1.54, 1.807) is 0 Å². The maximum atomic E-state index is 2.62. The number of aromatic nitrogens is 2. The van der Waals surface area contributed by atoms with Gasteiger partial charge in [0.05, 0.1) is 22.1 Å². The minimum Gasteiger partial charge on any atom is -0.307 e. The van der Waals surface area contributed by atoms with E-state index in [9.17, 15) is 0 Å². The molecule has 2 nitrogen and oxygen atoms in total. The summed E-state index contributed by atoms with van der Waals surface area (Å²) in [4.78, 5) is 0. The standard InChI is InChI=1S/C50H40N2/c1-49(2)26-27-50(3,4)42-30-44-40(29-41(42)49)46-38-19-11-10-18-37(38)45-39-20-12-13-21-43(39)51(33-15-6-5-7-16-33)47(45)48(46)52(44)34-24-25-36-32(28-34)23-22-31-14-8-9-17-35(31)36/h5-25,28-30H,26-27H2,1-4H3. The molecule has 0 atom stereocenters. The van der Waals surface area contributed by atoms with Gasteiger partial charge in [-0.1, -0.05) is 131 Å². The molecule has 52 heavy (non-hydrogen) atoms.